The Morgan fingerprint density at radius 3 is 2.64 bits per heavy atom. The molecule has 1 fully saturated rings. The SMILES string of the molecule is CNC1CCN(C(=O)c2cnc(-c3ccccc3)c3nc(-c4nonc4N)n(C(C)C)c23)C1. The van der Waals surface area contributed by atoms with Crippen LogP contribution in [0.3, 0.4) is 0 Å². The number of hydrogen-bond donors (Lipinski definition) is 2. The molecular weight excluding hydrogens is 420 g/mol. The number of nitrogens with zero attached hydrogens (tertiary/aromatic N) is 6. The Balaban J connectivity index is 1.77. The summed E-state index contributed by atoms with van der Waals surface area (Å²) in [5.41, 5.74) is 9.78. The van der Waals surface area contributed by atoms with Crippen LogP contribution in [0.5, 0.6) is 0 Å². The van der Waals surface area contributed by atoms with E-state index in [1.54, 1.807) is 6.20 Å². The molecule has 0 radical (unpaired) electrons. The number of carbonyl (C=O) groups is 1. The maximum atomic E-state index is 13.7. The lowest BCUT2D eigenvalue weighted by atomic mass is 10.1. The predicted octanol–water partition coefficient (Wildman–Crippen LogP) is 2.75. The molecule has 170 valence electrons. The van der Waals surface area contributed by atoms with E-state index < -0.39 is 0 Å². The third-order valence-electron chi connectivity index (χ3n) is 6.12. The molecule has 1 aliphatic heterocycles. The number of hydrogen-bond acceptors (Lipinski definition) is 8. The zero-order valence-corrected chi connectivity index (χ0v) is 18.8. The first kappa shape index (κ1) is 21.1. The average Bonchev–Trinajstić information content (AvgIpc) is 3.56. The summed E-state index contributed by atoms with van der Waals surface area (Å²) < 4.78 is 6.82. The first-order chi connectivity index (χ1) is 16.0. The van der Waals surface area contributed by atoms with Gasteiger partial charge in [-0.05, 0) is 37.6 Å². The van der Waals surface area contributed by atoms with E-state index in [4.69, 9.17) is 20.3 Å². The Morgan fingerprint density at radius 2 is 2.00 bits per heavy atom. The van der Waals surface area contributed by atoms with Crippen molar-refractivity contribution in [2.45, 2.75) is 32.4 Å². The molecule has 1 atom stereocenters. The topological polar surface area (TPSA) is 128 Å². The molecule has 0 bridgehead atoms. The van der Waals surface area contributed by atoms with E-state index in [0.29, 0.717) is 46.9 Å². The van der Waals surface area contributed by atoms with Crippen LogP contribution in [0.15, 0.2) is 41.2 Å². The van der Waals surface area contributed by atoms with Gasteiger partial charge in [0.05, 0.1) is 16.8 Å². The van der Waals surface area contributed by atoms with Crippen LogP contribution < -0.4 is 11.1 Å². The van der Waals surface area contributed by atoms with E-state index in [-0.39, 0.29) is 23.8 Å². The molecule has 10 heteroatoms. The van der Waals surface area contributed by atoms with Crippen LogP contribution >= 0.6 is 0 Å². The summed E-state index contributed by atoms with van der Waals surface area (Å²) in [6, 6.07) is 10.0. The van der Waals surface area contributed by atoms with E-state index in [9.17, 15) is 4.79 Å². The largest absolute Gasteiger partial charge is 0.379 e. The van der Waals surface area contributed by atoms with Gasteiger partial charge in [0, 0.05) is 36.9 Å². The summed E-state index contributed by atoms with van der Waals surface area (Å²) in [5.74, 6) is 0.572. The summed E-state index contributed by atoms with van der Waals surface area (Å²) in [6.45, 7) is 5.39. The summed E-state index contributed by atoms with van der Waals surface area (Å²) in [6.07, 6.45) is 2.57. The standard InChI is InChI=1S/C23H26N8O2/c1-13(2)31-20-16(23(32)30-10-9-15(12-30)25-3)11-26-17(14-7-5-4-6-8-14)18(20)27-22(31)19-21(24)29-33-28-19/h4-8,11,13,15,25H,9-10,12H2,1-3H3,(H2,24,29). The number of aromatic nitrogens is 5. The maximum absolute atomic E-state index is 13.7. The van der Waals surface area contributed by atoms with Gasteiger partial charge in [-0.3, -0.25) is 9.78 Å². The van der Waals surface area contributed by atoms with Gasteiger partial charge < -0.3 is 20.5 Å². The molecule has 4 aromatic rings. The lowest BCUT2D eigenvalue weighted by Gasteiger charge is -2.19. The van der Waals surface area contributed by atoms with E-state index in [1.165, 1.54) is 0 Å². The minimum absolute atomic E-state index is 0.0395. The molecule has 0 spiro atoms. The highest BCUT2D eigenvalue weighted by atomic mass is 16.6. The van der Waals surface area contributed by atoms with Gasteiger partial charge in [0.15, 0.2) is 17.3 Å². The molecule has 5 rings (SSSR count). The highest BCUT2D eigenvalue weighted by Crippen LogP contribution is 2.36. The van der Waals surface area contributed by atoms with Crippen molar-refractivity contribution >= 4 is 22.8 Å². The van der Waals surface area contributed by atoms with Gasteiger partial charge in [0.1, 0.15) is 5.52 Å². The zero-order chi connectivity index (χ0) is 23.1. The number of likely N-dealkylation sites (tertiary alicyclic amines) is 1. The van der Waals surface area contributed by atoms with Gasteiger partial charge in [-0.15, -0.1) is 0 Å². The summed E-state index contributed by atoms with van der Waals surface area (Å²) >= 11 is 0. The second kappa shape index (κ2) is 8.28. The zero-order valence-electron chi connectivity index (χ0n) is 18.8. The number of nitrogen functional groups attached to an aromatic ring is 1. The quantitative estimate of drug-likeness (QED) is 0.479. The minimum atomic E-state index is -0.0653. The highest BCUT2D eigenvalue weighted by Gasteiger charge is 2.31. The molecule has 1 aliphatic rings. The van der Waals surface area contributed by atoms with Crippen molar-refractivity contribution in [1.82, 2.24) is 35.1 Å². The van der Waals surface area contributed by atoms with Crippen molar-refractivity contribution in [2.24, 2.45) is 0 Å². The van der Waals surface area contributed by atoms with Crippen molar-refractivity contribution < 1.29 is 9.42 Å². The molecule has 1 unspecified atom stereocenters. The van der Waals surface area contributed by atoms with Gasteiger partial charge >= 0.3 is 0 Å². The van der Waals surface area contributed by atoms with Gasteiger partial charge in [-0.2, -0.15) is 0 Å². The predicted molar refractivity (Wildman–Crippen MR) is 124 cm³/mol. The second-order valence-corrected chi connectivity index (χ2v) is 8.51. The number of pyridine rings is 1. The first-order valence-electron chi connectivity index (χ1n) is 11.0. The van der Waals surface area contributed by atoms with Crippen LogP contribution in [0.25, 0.3) is 33.8 Å². The molecule has 0 aliphatic carbocycles. The van der Waals surface area contributed by atoms with Crippen LogP contribution in [0.1, 0.15) is 36.7 Å². The van der Waals surface area contributed by atoms with Gasteiger partial charge in [0.2, 0.25) is 0 Å². The van der Waals surface area contributed by atoms with E-state index in [1.807, 2.05) is 60.7 Å². The van der Waals surface area contributed by atoms with Crippen LogP contribution in [0.4, 0.5) is 5.82 Å². The van der Waals surface area contributed by atoms with Crippen LogP contribution in [0, 0.1) is 0 Å². The number of benzene rings is 1. The highest BCUT2D eigenvalue weighted by molar-refractivity contribution is 6.08. The number of carbonyl (C=O) groups excluding carboxylic acids is 1. The molecule has 1 amide bonds. The third-order valence-corrected chi connectivity index (χ3v) is 6.12. The molecule has 10 nitrogen and oxygen atoms in total. The average molecular weight is 447 g/mol. The number of likely N-dealkylation sites (N-methyl/N-ethyl adjacent to an activating group) is 1. The number of nitrogens with one attached hydrogen (secondary N) is 1. The smallest absolute Gasteiger partial charge is 0.257 e. The number of anilines is 1. The number of rotatable bonds is 5. The Kier molecular flexibility index (Phi) is 5.29. The first-order valence-corrected chi connectivity index (χ1v) is 11.0. The van der Waals surface area contributed by atoms with Crippen molar-refractivity contribution in [2.75, 3.05) is 25.9 Å². The molecule has 3 N–H and O–H groups in total. The normalized spacial score (nSPS) is 16.2. The van der Waals surface area contributed by atoms with Gasteiger partial charge in [-0.1, -0.05) is 30.3 Å². The molecule has 3 aromatic heterocycles. The van der Waals surface area contributed by atoms with E-state index in [0.717, 1.165) is 12.0 Å². The number of nitrogens with two attached hydrogens (primary N) is 1. The molecule has 33 heavy (non-hydrogen) atoms. The fourth-order valence-corrected chi connectivity index (χ4v) is 4.44. The van der Waals surface area contributed by atoms with E-state index >= 15 is 0 Å². The Morgan fingerprint density at radius 1 is 1.21 bits per heavy atom. The number of imidazole rings is 1. The van der Waals surface area contributed by atoms with Gasteiger partial charge in [0.25, 0.3) is 5.91 Å². The summed E-state index contributed by atoms with van der Waals surface area (Å²) in [7, 11) is 1.92. The van der Waals surface area contributed by atoms with Gasteiger partial charge in [-0.25, -0.2) is 9.61 Å². The van der Waals surface area contributed by atoms with Crippen LogP contribution in [-0.2, 0) is 0 Å². The lowest BCUT2D eigenvalue weighted by Crippen LogP contribution is -2.33. The number of fused-ring (bicyclic) bond motifs is 1. The van der Waals surface area contributed by atoms with Crippen LogP contribution in [-0.4, -0.2) is 61.8 Å². The second-order valence-electron chi connectivity index (χ2n) is 8.51. The van der Waals surface area contributed by atoms with Crippen molar-refractivity contribution in [3.8, 4) is 22.8 Å². The van der Waals surface area contributed by atoms with E-state index in [2.05, 4.69) is 15.6 Å². The Bertz CT molecular complexity index is 1310. The third kappa shape index (κ3) is 3.52. The Hall–Kier alpha value is -3.79. The fraction of sp³-hybridized carbons (Fsp3) is 0.348. The van der Waals surface area contributed by atoms with Crippen molar-refractivity contribution in [1.29, 1.82) is 0 Å². The van der Waals surface area contributed by atoms with Crippen LogP contribution in [0.2, 0.25) is 0 Å². The summed E-state index contributed by atoms with van der Waals surface area (Å²) in [4.78, 5) is 25.1. The summed E-state index contributed by atoms with van der Waals surface area (Å²) in [5, 5.41) is 11.0. The monoisotopic (exact) mass is 446 g/mol. The lowest BCUT2D eigenvalue weighted by molar-refractivity contribution is 0.0791. The van der Waals surface area contributed by atoms with Crippen molar-refractivity contribution in [3.63, 3.8) is 0 Å². The molecule has 1 aromatic carbocycles. The number of amides is 1. The maximum Gasteiger partial charge on any atom is 0.257 e. The van der Waals surface area contributed by atoms with Crippen molar-refractivity contribution in [3.05, 3.63) is 42.1 Å². The fourth-order valence-electron chi connectivity index (χ4n) is 4.44. The Labute approximate surface area is 190 Å². The molecule has 1 saturated heterocycles. The molecular formula is C23H26N8O2. The minimum Gasteiger partial charge on any atom is -0.379 e. The molecule has 0 saturated carbocycles. The molecule has 4 heterocycles.